The number of methoxy groups -OCH3 is 2. The number of nitrogens with zero attached hydrogens (tertiary/aromatic N) is 1. The molecule has 0 spiro atoms. The number of nitrogens with one attached hydrogen (secondary N) is 4. The molecule has 0 aliphatic rings. The van der Waals surface area contributed by atoms with Gasteiger partial charge in [0.25, 0.3) is 5.91 Å². The Balaban J connectivity index is 2.33. The number of aromatic nitrogens is 1. The van der Waals surface area contributed by atoms with Gasteiger partial charge in [0.2, 0.25) is 26.0 Å². The van der Waals surface area contributed by atoms with E-state index in [0.717, 1.165) is 5.03 Å². The van der Waals surface area contributed by atoms with Crippen molar-refractivity contribution in [3.63, 3.8) is 0 Å². The molecule has 0 saturated heterocycles. The molecule has 4 amide bonds. The summed E-state index contributed by atoms with van der Waals surface area (Å²) in [7, 11) is 1.10. The van der Waals surface area contributed by atoms with Crippen LogP contribution < -0.4 is 21.4 Å². The van der Waals surface area contributed by atoms with Crippen LogP contribution in [0.5, 0.6) is 0 Å². The Kier molecular flexibility index (Phi) is 25.4. The zero-order valence-corrected chi connectivity index (χ0v) is 34.9. The summed E-state index contributed by atoms with van der Waals surface area (Å²) in [6.07, 6.45) is 2.21. The molecule has 1 heterocycles. The molecule has 22 heteroatoms. The van der Waals surface area contributed by atoms with Crippen molar-refractivity contribution in [1.29, 1.82) is 0 Å². The molecular formula is C31H55N5O13S2Si2. The zero-order chi connectivity index (χ0) is 39.5. The van der Waals surface area contributed by atoms with Crippen molar-refractivity contribution in [2.45, 2.75) is 74.6 Å². The standard InChI is InChI=1S/C31H55N5O13S2Si2/c1-43-21-25(31(41)42)35-28(39)12-20-53(5,6)49-47-16-17-48-52(3,4)19-11-27(38)34-24(22-45-23-44-2)30(40)36-46-15-14-32-26(37)10-18-50-51-29-9-7-8-13-33-29/h7-9,13,24-25H,10-12,14-23H2,1-6H3,(H,32,37)(H,34,38)(H,35,39)(H,36,40)(H,41,42). The van der Waals surface area contributed by atoms with Crippen molar-refractivity contribution in [2.75, 3.05) is 66.3 Å². The minimum Gasteiger partial charge on any atom is -0.480 e. The van der Waals surface area contributed by atoms with Gasteiger partial charge in [0.1, 0.15) is 24.5 Å². The van der Waals surface area contributed by atoms with Crippen LogP contribution in [0.4, 0.5) is 0 Å². The number of carbonyl (C=O) groups is 5. The smallest absolute Gasteiger partial charge is 0.328 e. The number of rotatable bonds is 31. The predicted octanol–water partition coefficient (Wildman–Crippen LogP) is 1.85. The highest BCUT2D eigenvalue weighted by Gasteiger charge is 2.29. The molecule has 0 saturated carbocycles. The first kappa shape index (κ1) is 48.4. The van der Waals surface area contributed by atoms with Gasteiger partial charge in [-0.3, -0.25) is 28.6 Å². The molecule has 302 valence electrons. The van der Waals surface area contributed by atoms with Crippen molar-refractivity contribution in [3.8, 4) is 0 Å². The summed E-state index contributed by atoms with van der Waals surface area (Å²) in [6, 6.07) is 4.32. The van der Waals surface area contributed by atoms with Crippen molar-refractivity contribution < 1.29 is 62.0 Å². The topological polar surface area (TPSA) is 231 Å². The van der Waals surface area contributed by atoms with Crippen LogP contribution in [0.1, 0.15) is 19.3 Å². The van der Waals surface area contributed by atoms with Crippen LogP contribution in [0.3, 0.4) is 0 Å². The van der Waals surface area contributed by atoms with Crippen molar-refractivity contribution in [2.24, 2.45) is 0 Å². The summed E-state index contributed by atoms with van der Waals surface area (Å²) in [6.45, 7) is 7.81. The first-order chi connectivity index (χ1) is 25.2. The third-order valence-electron chi connectivity index (χ3n) is 6.85. The van der Waals surface area contributed by atoms with Gasteiger partial charge in [0.05, 0.1) is 26.4 Å². The van der Waals surface area contributed by atoms with Gasteiger partial charge >= 0.3 is 5.97 Å². The lowest BCUT2D eigenvalue weighted by molar-refractivity contribution is -0.222. The quantitative estimate of drug-likeness (QED) is 0.0180. The number of hydroxylamine groups is 1. The van der Waals surface area contributed by atoms with Crippen molar-refractivity contribution >= 4 is 67.8 Å². The van der Waals surface area contributed by atoms with Gasteiger partial charge in [-0.15, -0.1) is 0 Å². The van der Waals surface area contributed by atoms with Gasteiger partial charge in [0.15, 0.2) is 14.4 Å². The fraction of sp³-hybridized carbons (Fsp3) is 0.677. The number of pyridine rings is 1. The number of carboxylic acids is 1. The van der Waals surface area contributed by atoms with E-state index in [9.17, 15) is 24.0 Å². The van der Waals surface area contributed by atoms with Gasteiger partial charge in [0, 0.05) is 52.0 Å². The van der Waals surface area contributed by atoms with Gasteiger partial charge in [-0.05, 0) is 61.2 Å². The van der Waals surface area contributed by atoms with Crippen LogP contribution in [-0.4, -0.2) is 135 Å². The number of carboxylic acid groups (broad SMARTS) is 1. The first-order valence-corrected chi connectivity index (χ1v) is 25.4. The molecule has 1 rings (SSSR count). The average molecular weight is 826 g/mol. The van der Waals surface area contributed by atoms with E-state index in [1.54, 1.807) is 6.20 Å². The maximum atomic E-state index is 12.8. The maximum Gasteiger partial charge on any atom is 0.328 e. The molecule has 0 fully saturated rings. The second kappa shape index (κ2) is 27.9. The molecule has 18 nitrogen and oxygen atoms in total. The largest absolute Gasteiger partial charge is 0.480 e. The van der Waals surface area contributed by atoms with Crippen molar-refractivity contribution in [3.05, 3.63) is 24.4 Å². The molecule has 53 heavy (non-hydrogen) atoms. The third kappa shape index (κ3) is 25.1. The molecule has 1 aromatic rings. The van der Waals surface area contributed by atoms with Crippen LogP contribution in [-0.2, 0) is 56.9 Å². The molecule has 0 aliphatic carbocycles. The zero-order valence-electron chi connectivity index (χ0n) is 31.3. The summed E-state index contributed by atoms with van der Waals surface area (Å²) in [4.78, 5) is 75.7. The highest BCUT2D eigenvalue weighted by atomic mass is 33.1. The van der Waals surface area contributed by atoms with E-state index in [2.05, 4.69) is 26.4 Å². The van der Waals surface area contributed by atoms with Crippen LogP contribution in [0.2, 0.25) is 38.3 Å². The highest BCUT2D eigenvalue weighted by Crippen LogP contribution is 2.29. The van der Waals surface area contributed by atoms with E-state index in [-0.39, 0.29) is 71.0 Å². The minimum atomic E-state index is -2.40. The van der Waals surface area contributed by atoms with Crippen LogP contribution in [0, 0.1) is 0 Å². The predicted molar refractivity (Wildman–Crippen MR) is 202 cm³/mol. The number of hydrogen-bond donors (Lipinski definition) is 5. The summed E-state index contributed by atoms with van der Waals surface area (Å²) < 4.78 is 26.6. The summed E-state index contributed by atoms with van der Waals surface area (Å²) in [5.74, 6) is -2.16. The summed E-state index contributed by atoms with van der Waals surface area (Å²) in [5.41, 5.74) is 2.29. The Morgan fingerprint density at radius 1 is 0.849 bits per heavy atom. The van der Waals surface area contributed by atoms with Crippen LogP contribution in [0.15, 0.2) is 29.4 Å². The number of carbonyl (C=O) groups excluding carboxylic acids is 4. The van der Waals surface area contributed by atoms with Gasteiger partial charge in [-0.1, -0.05) is 16.9 Å². The fourth-order valence-electron chi connectivity index (χ4n) is 3.96. The molecule has 2 unspecified atom stereocenters. The van der Waals surface area contributed by atoms with E-state index in [0.29, 0.717) is 24.3 Å². The fourth-order valence-corrected chi connectivity index (χ4v) is 8.75. The lowest BCUT2D eigenvalue weighted by Crippen LogP contribution is -2.50. The Labute approximate surface area is 320 Å². The normalized spacial score (nSPS) is 12.8. The van der Waals surface area contributed by atoms with E-state index in [1.807, 2.05) is 44.4 Å². The summed E-state index contributed by atoms with van der Waals surface area (Å²) in [5, 5.41) is 17.8. The van der Waals surface area contributed by atoms with E-state index < -0.39 is 46.5 Å². The Hall–Kier alpha value is -2.65. The number of amides is 4. The molecule has 0 aromatic carbocycles. The van der Waals surface area contributed by atoms with Crippen LogP contribution in [0.25, 0.3) is 0 Å². The lowest BCUT2D eigenvalue weighted by atomic mass is 10.3. The van der Waals surface area contributed by atoms with E-state index in [1.165, 1.54) is 35.8 Å². The van der Waals surface area contributed by atoms with E-state index >= 15 is 0 Å². The maximum absolute atomic E-state index is 12.8. The minimum absolute atomic E-state index is 0.0138. The number of hydrogen-bond acceptors (Lipinski definition) is 15. The molecule has 2 atom stereocenters. The SMILES string of the molecule is COCOCC(NC(=O)CC[Si](C)(C)OCCOO[Si](C)(C)CCC(=O)NC(COC)C(=O)O)C(=O)NOCCNC(=O)CCSSc1ccccn1. The average Bonchev–Trinajstić information content (AvgIpc) is 3.11. The molecule has 0 bridgehead atoms. The molecular weight excluding hydrogens is 771 g/mol. The molecule has 5 N–H and O–H groups in total. The highest BCUT2D eigenvalue weighted by molar-refractivity contribution is 8.76. The number of aliphatic carboxylic acids is 1. The number of ether oxygens (including phenoxy) is 3. The van der Waals surface area contributed by atoms with Gasteiger partial charge in [-0.2, -0.15) is 0 Å². The third-order valence-corrected chi connectivity index (χ3v) is 13.6. The van der Waals surface area contributed by atoms with Gasteiger partial charge in [-0.25, -0.2) is 20.1 Å². The molecule has 1 aromatic heterocycles. The Morgan fingerprint density at radius 2 is 1.55 bits per heavy atom. The monoisotopic (exact) mass is 825 g/mol. The summed E-state index contributed by atoms with van der Waals surface area (Å²) >= 11 is 0. The molecule has 0 radical (unpaired) electrons. The van der Waals surface area contributed by atoms with E-state index in [4.69, 9.17) is 38.0 Å². The second-order valence-electron chi connectivity index (χ2n) is 12.6. The first-order valence-electron chi connectivity index (χ1n) is 16.9. The lowest BCUT2D eigenvalue weighted by Gasteiger charge is -2.25. The van der Waals surface area contributed by atoms with Crippen LogP contribution >= 0.6 is 21.6 Å². The Bertz CT molecular complexity index is 1240. The van der Waals surface area contributed by atoms with Crippen molar-refractivity contribution in [1.82, 2.24) is 26.4 Å². The Morgan fingerprint density at radius 3 is 2.19 bits per heavy atom. The second-order valence-corrected chi connectivity index (χ2v) is 23.5. The molecule has 0 aliphatic heterocycles. The van der Waals surface area contributed by atoms with Gasteiger partial charge < -0.3 is 39.7 Å².